The van der Waals surface area contributed by atoms with Crippen molar-refractivity contribution < 1.29 is 33.8 Å². The van der Waals surface area contributed by atoms with E-state index >= 15 is 0 Å². The lowest BCUT2D eigenvalue weighted by Crippen LogP contribution is -2.62. The van der Waals surface area contributed by atoms with Crippen molar-refractivity contribution in [2.24, 2.45) is 17.3 Å². The SMILES string of the molecule is CCn1c(-c2cccnc2[C@H](C)OC)c2c3cc(ccc31)-c1cc(O)cc(c1)C[C@H](NC(=O)[C@H](C(C)C)N(C)C(=O)[C@H]1CCNC1)C(=O)N1CCC[C@H](N1)C(=O)OCC(C)(C)C2. The monoisotopic (exact) mass is 849 g/mol. The molecule has 3 aliphatic heterocycles. The van der Waals surface area contributed by atoms with Crippen molar-refractivity contribution in [3.63, 3.8) is 0 Å². The van der Waals surface area contributed by atoms with Crippen molar-refractivity contribution in [2.75, 3.05) is 40.4 Å². The molecule has 14 heteroatoms. The molecule has 0 unspecified atom stereocenters. The number of rotatable bonds is 9. The van der Waals surface area contributed by atoms with Crippen LogP contribution in [0.5, 0.6) is 5.75 Å². The molecule has 2 fully saturated rings. The maximum atomic E-state index is 14.6. The third-order valence-electron chi connectivity index (χ3n) is 12.8. The summed E-state index contributed by atoms with van der Waals surface area (Å²) in [6.45, 7) is 14.4. The van der Waals surface area contributed by atoms with E-state index in [4.69, 9.17) is 14.5 Å². The third-order valence-corrected chi connectivity index (χ3v) is 12.8. The van der Waals surface area contributed by atoms with Crippen LogP contribution in [0.2, 0.25) is 0 Å². The van der Waals surface area contributed by atoms with Crippen LogP contribution < -0.4 is 16.1 Å². The zero-order valence-electron chi connectivity index (χ0n) is 37.4. The molecule has 4 aromatic rings. The lowest BCUT2D eigenvalue weighted by atomic mass is 9.84. The Morgan fingerprint density at radius 3 is 2.60 bits per heavy atom. The first-order valence-electron chi connectivity index (χ1n) is 22.1. The van der Waals surface area contributed by atoms with Gasteiger partial charge in [0.15, 0.2) is 0 Å². The number of hydrazine groups is 1. The Balaban J connectivity index is 1.35. The Hall–Kier alpha value is -5.31. The van der Waals surface area contributed by atoms with Crippen LogP contribution in [0.25, 0.3) is 33.3 Å². The van der Waals surface area contributed by atoms with Gasteiger partial charge in [0, 0.05) is 68.3 Å². The number of hydrogen-bond acceptors (Lipinski definition) is 10. The number of fused-ring (bicyclic) bond motifs is 6. The molecule has 5 atom stereocenters. The van der Waals surface area contributed by atoms with Gasteiger partial charge < -0.3 is 34.7 Å². The van der Waals surface area contributed by atoms with Crippen LogP contribution in [0.3, 0.4) is 0 Å². The molecule has 2 aromatic carbocycles. The molecule has 62 heavy (non-hydrogen) atoms. The molecule has 5 heterocycles. The van der Waals surface area contributed by atoms with Gasteiger partial charge in [-0.05, 0) is 111 Å². The molecule has 6 bridgehead atoms. The van der Waals surface area contributed by atoms with E-state index in [0.717, 1.165) is 51.1 Å². The number of cyclic esters (lactones) is 1. The molecule has 3 amide bonds. The van der Waals surface area contributed by atoms with Crippen LogP contribution in [0, 0.1) is 17.3 Å². The Morgan fingerprint density at radius 1 is 1.10 bits per heavy atom. The fourth-order valence-electron chi connectivity index (χ4n) is 9.54. The van der Waals surface area contributed by atoms with Crippen LogP contribution in [-0.2, 0) is 48.0 Å². The van der Waals surface area contributed by atoms with E-state index in [9.17, 15) is 24.3 Å². The average Bonchev–Trinajstić information content (AvgIpc) is 3.90. The second-order valence-corrected chi connectivity index (χ2v) is 18.4. The van der Waals surface area contributed by atoms with E-state index in [0.29, 0.717) is 50.9 Å². The molecule has 14 nitrogen and oxygen atoms in total. The summed E-state index contributed by atoms with van der Waals surface area (Å²) in [6, 6.07) is 12.8. The number of esters is 1. The van der Waals surface area contributed by atoms with Gasteiger partial charge in [-0.3, -0.25) is 29.2 Å². The zero-order chi connectivity index (χ0) is 44.5. The summed E-state index contributed by atoms with van der Waals surface area (Å²) in [7, 11) is 3.33. The topological polar surface area (TPSA) is 167 Å². The molecular weight excluding hydrogens is 787 g/mol. The molecule has 2 saturated heterocycles. The van der Waals surface area contributed by atoms with Crippen molar-refractivity contribution in [1.82, 2.24) is 35.5 Å². The van der Waals surface area contributed by atoms with Crippen LogP contribution in [0.1, 0.15) is 83.7 Å². The summed E-state index contributed by atoms with van der Waals surface area (Å²) >= 11 is 0. The predicted octanol–water partition coefficient (Wildman–Crippen LogP) is 5.54. The van der Waals surface area contributed by atoms with Crippen LogP contribution in [0.15, 0.2) is 54.7 Å². The number of phenolic OH excluding ortho intramolecular Hbond substituents is 1. The highest BCUT2D eigenvalue weighted by molar-refractivity contribution is 5.96. The average molecular weight is 850 g/mol. The van der Waals surface area contributed by atoms with Gasteiger partial charge >= 0.3 is 5.97 Å². The number of likely N-dealkylation sites (N-methyl/N-ethyl adjacent to an activating group) is 1. The maximum absolute atomic E-state index is 14.6. The van der Waals surface area contributed by atoms with Gasteiger partial charge in [-0.15, -0.1) is 0 Å². The Bertz CT molecular complexity index is 2320. The third kappa shape index (κ3) is 9.23. The largest absolute Gasteiger partial charge is 0.508 e. The molecule has 3 aliphatic rings. The Kier molecular flexibility index (Phi) is 13.4. The number of nitrogens with zero attached hydrogens (tertiary/aromatic N) is 4. The normalized spacial score (nSPS) is 21.6. The number of amides is 3. The molecule has 0 saturated carbocycles. The second kappa shape index (κ2) is 18.6. The number of aromatic nitrogens is 2. The van der Waals surface area contributed by atoms with E-state index in [2.05, 4.69) is 59.6 Å². The number of nitrogens with one attached hydrogen (secondary N) is 3. The number of aromatic hydroxyl groups is 1. The molecule has 0 aliphatic carbocycles. The molecule has 4 N–H and O–H groups in total. The summed E-state index contributed by atoms with van der Waals surface area (Å²) in [5, 5.41) is 20.0. The standard InChI is InChI=1S/C48H63N7O7/c1-9-54-40-15-14-31-24-36(40)37(43(54)35-12-10-17-50-41(35)29(4)61-8)25-48(5,6)27-62-47(60)38-13-11-19-55(52-38)46(59)39(22-30-20-33(31)23-34(56)21-30)51-44(57)42(28(2)3)53(7)45(58)32-16-18-49-26-32/h10,12,14-15,17,20-21,23-24,28-29,32,38-39,42,49,52,56H,9,11,13,16,18-19,22,25-27H2,1-8H3,(H,51,57)/t29-,32-,38-,39-,42-/m0/s1. The number of carbonyl (C=O) groups is 4. The van der Waals surface area contributed by atoms with Gasteiger partial charge in [-0.1, -0.05) is 39.8 Å². The number of hydrogen-bond donors (Lipinski definition) is 4. The number of pyridine rings is 1. The molecule has 0 radical (unpaired) electrons. The van der Waals surface area contributed by atoms with Crippen molar-refractivity contribution in [3.05, 3.63) is 71.5 Å². The lowest BCUT2D eigenvalue weighted by Gasteiger charge is -2.37. The van der Waals surface area contributed by atoms with Crippen molar-refractivity contribution >= 4 is 34.6 Å². The summed E-state index contributed by atoms with van der Waals surface area (Å²) in [5.41, 5.74) is 9.72. The van der Waals surface area contributed by atoms with Gasteiger partial charge in [0.1, 0.15) is 23.9 Å². The van der Waals surface area contributed by atoms with Crippen LogP contribution in [-0.4, -0.2) is 107 Å². The van der Waals surface area contributed by atoms with Gasteiger partial charge in [0.2, 0.25) is 11.8 Å². The minimum atomic E-state index is -1.10. The summed E-state index contributed by atoms with van der Waals surface area (Å²) in [6.07, 6.45) is 3.80. The summed E-state index contributed by atoms with van der Waals surface area (Å²) < 4.78 is 14.2. The number of carbonyl (C=O) groups excluding carboxylic acids is 4. The van der Waals surface area contributed by atoms with Gasteiger partial charge in [0.25, 0.3) is 5.91 Å². The van der Waals surface area contributed by atoms with Gasteiger partial charge in [-0.2, -0.15) is 0 Å². The summed E-state index contributed by atoms with van der Waals surface area (Å²) in [4.78, 5) is 62.7. The first-order chi connectivity index (χ1) is 29.6. The van der Waals surface area contributed by atoms with E-state index < -0.39 is 41.3 Å². The Labute approximate surface area is 364 Å². The van der Waals surface area contributed by atoms with Crippen molar-refractivity contribution in [2.45, 2.75) is 104 Å². The van der Waals surface area contributed by atoms with Crippen LogP contribution in [0.4, 0.5) is 0 Å². The smallest absolute Gasteiger partial charge is 0.324 e. The fourth-order valence-corrected chi connectivity index (χ4v) is 9.54. The minimum absolute atomic E-state index is 0.0146. The summed E-state index contributed by atoms with van der Waals surface area (Å²) in [5.74, 6) is -1.94. The second-order valence-electron chi connectivity index (χ2n) is 18.4. The first kappa shape index (κ1) is 44.7. The number of aryl methyl sites for hydroxylation is 1. The van der Waals surface area contributed by atoms with E-state index in [1.165, 1.54) is 9.91 Å². The Morgan fingerprint density at radius 2 is 1.89 bits per heavy atom. The fraction of sp³-hybridized carbons (Fsp3) is 0.521. The van der Waals surface area contributed by atoms with Crippen molar-refractivity contribution in [1.29, 1.82) is 0 Å². The van der Waals surface area contributed by atoms with Gasteiger partial charge in [-0.25, -0.2) is 5.43 Å². The van der Waals surface area contributed by atoms with E-state index in [1.54, 1.807) is 32.5 Å². The molecule has 0 spiro atoms. The van der Waals surface area contributed by atoms with Crippen molar-refractivity contribution in [3.8, 4) is 28.1 Å². The minimum Gasteiger partial charge on any atom is -0.508 e. The molecule has 2 aromatic heterocycles. The zero-order valence-corrected chi connectivity index (χ0v) is 37.4. The molecular formula is C48H63N7O7. The molecule has 332 valence electrons. The molecule has 7 rings (SSSR count). The lowest BCUT2D eigenvalue weighted by molar-refractivity contribution is -0.155. The number of benzene rings is 2. The quantitative estimate of drug-likeness (QED) is 0.157. The highest BCUT2D eigenvalue weighted by Gasteiger charge is 2.39. The number of methoxy groups -OCH3 is 1. The number of phenols is 1. The van der Waals surface area contributed by atoms with E-state index in [-0.39, 0.29) is 42.6 Å². The predicted molar refractivity (Wildman–Crippen MR) is 238 cm³/mol. The maximum Gasteiger partial charge on any atom is 0.324 e. The highest BCUT2D eigenvalue weighted by atomic mass is 16.5. The number of ether oxygens (including phenoxy) is 2. The first-order valence-corrected chi connectivity index (χ1v) is 22.1. The highest BCUT2D eigenvalue weighted by Crippen LogP contribution is 2.42. The van der Waals surface area contributed by atoms with E-state index in [1.807, 2.05) is 39.0 Å². The van der Waals surface area contributed by atoms with Crippen LogP contribution >= 0.6 is 0 Å². The van der Waals surface area contributed by atoms with Gasteiger partial charge in [0.05, 0.1) is 30.0 Å².